The van der Waals surface area contributed by atoms with Crippen LogP contribution >= 0.6 is 22.9 Å². The van der Waals surface area contributed by atoms with Crippen LogP contribution in [0.3, 0.4) is 0 Å². The molecule has 0 atom stereocenters. The Balaban J connectivity index is 1.75. The molecule has 0 radical (unpaired) electrons. The van der Waals surface area contributed by atoms with Crippen molar-refractivity contribution >= 4 is 48.9 Å². The summed E-state index contributed by atoms with van der Waals surface area (Å²) in [6, 6.07) is 9.44. The summed E-state index contributed by atoms with van der Waals surface area (Å²) in [6.45, 7) is 2.76. The van der Waals surface area contributed by atoms with E-state index < -0.39 is 9.84 Å². The van der Waals surface area contributed by atoms with Gasteiger partial charge in [0, 0.05) is 23.2 Å². The molecule has 0 spiro atoms. The van der Waals surface area contributed by atoms with Gasteiger partial charge in [-0.25, -0.2) is 8.42 Å². The van der Waals surface area contributed by atoms with E-state index in [0.717, 1.165) is 21.5 Å². The molecule has 0 aliphatic rings. The van der Waals surface area contributed by atoms with Gasteiger partial charge in [-0.3, -0.25) is 9.48 Å². The first-order valence-electron chi connectivity index (χ1n) is 8.41. The number of aryl methyl sites for hydroxylation is 1. The van der Waals surface area contributed by atoms with Gasteiger partial charge in [0.05, 0.1) is 22.9 Å². The summed E-state index contributed by atoms with van der Waals surface area (Å²) in [5, 5.41) is 8.95. The van der Waals surface area contributed by atoms with E-state index in [1.54, 1.807) is 0 Å². The van der Waals surface area contributed by atoms with Crippen LogP contribution in [0, 0.1) is 6.92 Å². The van der Waals surface area contributed by atoms with Gasteiger partial charge in [-0.2, -0.15) is 5.10 Å². The van der Waals surface area contributed by atoms with Crippen molar-refractivity contribution < 1.29 is 13.2 Å². The zero-order valence-corrected chi connectivity index (χ0v) is 17.4. The molecule has 6 nitrogen and oxygen atoms in total. The average molecular weight is 426 g/mol. The highest BCUT2D eigenvalue weighted by molar-refractivity contribution is 7.90. The number of fused-ring (bicyclic) bond motifs is 1. The number of halogens is 1. The van der Waals surface area contributed by atoms with Gasteiger partial charge in [0.25, 0.3) is 5.91 Å². The van der Waals surface area contributed by atoms with Crippen LogP contribution in [-0.2, 0) is 16.4 Å². The Hall–Kier alpha value is -1.90. The van der Waals surface area contributed by atoms with Crippen molar-refractivity contribution in [2.75, 3.05) is 18.6 Å². The molecule has 27 heavy (non-hydrogen) atoms. The number of rotatable bonds is 7. The number of carbonyl (C=O) groups excluding carboxylic acids is 1. The maximum atomic E-state index is 12.4. The largest absolute Gasteiger partial charge is 0.351 e. The number of thiophene rings is 1. The Bertz CT molecular complexity index is 1090. The van der Waals surface area contributed by atoms with Gasteiger partial charge in [0.1, 0.15) is 14.7 Å². The summed E-state index contributed by atoms with van der Waals surface area (Å²) >= 11 is 7.61. The fraction of sp³-hybridized carbons (Fsp3) is 0.333. The first-order valence-corrected chi connectivity index (χ1v) is 11.7. The lowest BCUT2D eigenvalue weighted by atomic mass is 10.2. The molecule has 0 aliphatic carbocycles. The normalized spacial score (nSPS) is 11.8. The predicted molar refractivity (Wildman–Crippen MR) is 110 cm³/mol. The number of benzene rings is 1. The van der Waals surface area contributed by atoms with Crippen molar-refractivity contribution in [3.63, 3.8) is 0 Å². The van der Waals surface area contributed by atoms with Gasteiger partial charge in [0.2, 0.25) is 0 Å². The molecule has 3 aromatic rings. The van der Waals surface area contributed by atoms with E-state index in [1.807, 2.05) is 41.9 Å². The summed E-state index contributed by atoms with van der Waals surface area (Å²) in [4.78, 5) is 13.9. The van der Waals surface area contributed by atoms with Crippen molar-refractivity contribution in [1.82, 2.24) is 15.1 Å². The minimum absolute atomic E-state index is 0.0611. The van der Waals surface area contributed by atoms with Crippen molar-refractivity contribution in [3.8, 4) is 0 Å². The van der Waals surface area contributed by atoms with E-state index in [9.17, 15) is 13.2 Å². The van der Waals surface area contributed by atoms with Gasteiger partial charge in [-0.15, -0.1) is 11.3 Å². The Morgan fingerprint density at radius 3 is 2.78 bits per heavy atom. The third kappa shape index (κ3) is 4.88. The van der Waals surface area contributed by atoms with Crippen LogP contribution in [0.25, 0.3) is 10.2 Å². The summed E-state index contributed by atoms with van der Waals surface area (Å²) in [7, 11) is -3.01. The minimum atomic E-state index is -3.01. The predicted octanol–water partition coefficient (Wildman–Crippen LogP) is 3.27. The second-order valence-electron chi connectivity index (χ2n) is 6.40. The molecule has 0 unspecified atom stereocenters. The highest BCUT2D eigenvalue weighted by atomic mass is 35.5. The molecular formula is C18H20ClN3O3S2. The Morgan fingerprint density at radius 2 is 2.07 bits per heavy atom. The Kier molecular flexibility index (Phi) is 5.88. The minimum Gasteiger partial charge on any atom is -0.351 e. The molecule has 3 rings (SSSR count). The number of hydrogen-bond acceptors (Lipinski definition) is 5. The second kappa shape index (κ2) is 8.00. The summed E-state index contributed by atoms with van der Waals surface area (Å²) < 4.78 is 24.2. The smallest absolute Gasteiger partial charge is 0.261 e. The maximum absolute atomic E-state index is 12.4. The Morgan fingerprint density at radius 1 is 1.33 bits per heavy atom. The monoisotopic (exact) mass is 425 g/mol. The van der Waals surface area contributed by atoms with Crippen LogP contribution in [0.4, 0.5) is 0 Å². The first kappa shape index (κ1) is 19.9. The standard InChI is InChI=1S/C18H20ClN3O3S2/c1-12-14-10-16(17(23)20-8-5-9-27(2,24)25)26-18(14)22(21-12)11-13-6-3-4-7-15(13)19/h3-4,6-7,10H,5,8-9,11H2,1-2H3,(H,20,23). The van der Waals surface area contributed by atoms with E-state index in [2.05, 4.69) is 10.4 Å². The number of hydrogen-bond donors (Lipinski definition) is 1. The fourth-order valence-corrected chi connectivity index (χ4v) is 4.68. The molecule has 0 bridgehead atoms. The van der Waals surface area contributed by atoms with Crippen molar-refractivity contribution in [3.05, 3.63) is 51.5 Å². The van der Waals surface area contributed by atoms with Crippen molar-refractivity contribution in [1.29, 1.82) is 0 Å². The van der Waals surface area contributed by atoms with Crippen molar-refractivity contribution in [2.24, 2.45) is 0 Å². The lowest BCUT2D eigenvalue weighted by molar-refractivity contribution is 0.0958. The van der Waals surface area contributed by atoms with Gasteiger partial charge >= 0.3 is 0 Å². The van der Waals surface area contributed by atoms with E-state index in [4.69, 9.17) is 11.6 Å². The molecule has 2 aromatic heterocycles. The van der Waals surface area contributed by atoms with Crippen molar-refractivity contribution in [2.45, 2.75) is 19.9 Å². The molecular weight excluding hydrogens is 406 g/mol. The quantitative estimate of drug-likeness (QED) is 0.589. The van der Waals surface area contributed by atoms with E-state index >= 15 is 0 Å². The zero-order valence-electron chi connectivity index (χ0n) is 15.0. The molecule has 1 aromatic carbocycles. The zero-order chi connectivity index (χ0) is 19.6. The SMILES string of the molecule is Cc1nn(Cc2ccccc2Cl)c2sc(C(=O)NCCCS(C)(=O)=O)cc12. The lowest BCUT2D eigenvalue weighted by Crippen LogP contribution is -2.25. The topological polar surface area (TPSA) is 81.1 Å². The highest BCUT2D eigenvalue weighted by Gasteiger charge is 2.17. The molecule has 0 fully saturated rings. The van der Waals surface area contributed by atoms with Gasteiger partial charge < -0.3 is 5.32 Å². The third-order valence-corrected chi connectivity index (χ3v) is 6.63. The number of amides is 1. The van der Waals surface area contributed by atoms with Crippen LogP contribution < -0.4 is 5.32 Å². The first-order chi connectivity index (χ1) is 12.7. The molecule has 0 saturated heterocycles. The molecule has 2 heterocycles. The Labute approximate surface area is 167 Å². The van der Waals surface area contributed by atoms with Crippen LogP contribution in [0.15, 0.2) is 30.3 Å². The number of nitrogens with one attached hydrogen (secondary N) is 1. The maximum Gasteiger partial charge on any atom is 0.261 e. The lowest BCUT2D eigenvalue weighted by Gasteiger charge is -2.05. The summed E-state index contributed by atoms with van der Waals surface area (Å²) in [6.07, 6.45) is 1.59. The molecule has 0 aliphatic heterocycles. The van der Waals surface area contributed by atoms with Crippen LogP contribution in [0.1, 0.15) is 27.3 Å². The highest BCUT2D eigenvalue weighted by Crippen LogP contribution is 2.29. The van der Waals surface area contributed by atoms with E-state index in [0.29, 0.717) is 29.4 Å². The van der Waals surface area contributed by atoms with E-state index in [1.165, 1.54) is 17.6 Å². The molecule has 1 amide bonds. The number of nitrogens with zero attached hydrogens (tertiary/aromatic N) is 2. The molecule has 144 valence electrons. The average Bonchev–Trinajstić information content (AvgIpc) is 3.15. The van der Waals surface area contributed by atoms with E-state index in [-0.39, 0.29) is 11.7 Å². The molecule has 0 saturated carbocycles. The summed E-state index contributed by atoms with van der Waals surface area (Å²) in [5.41, 5.74) is 1.81. The number of aromatic nitrogens is 2. The number of sulfone groups is 1. The summed E-state index contributed by atoms with van der Waals surface area (Å²) in [5.74, 6) is -0.139. The van der Waals surface area contributed by atoms with Gasteiger partial charge in [-0.1, -0.05) is 29.8 Å². The molecule has 9 heteroatoms. The van der Waals surface area contributed by atoms with Crippen LogP contribution in [-0.4, -0.2) is 42.7 Å². The van der Waals surface area contributed by atoms with Gasteiger partial charge in [0.15, 0.2) is 0 Å². The van der Waals surface area contributed by atoms with Crippen LogP contribution in [0.5, 0.6) is 0 Å². The molecule has 1 N–H and O–H groups in total. The fourth-order valence-electron chi connectivity index (χ4n) is 2.74. The third-order valence-electron chi connectivity index (χ3n) is 4.09. The number of carbonyl (C=O) groups is 1. The van der Waals surface area contributed by atoms with Gasteiger partial charge in [-0.05, 0) is 31.0 Å². The van der Waals surface area contributed by atoms with Crippen LogP contribution in [0.2, 0.25) is 5.02 Å². The second-order valence-corrected chi connectivity index (χ2v) is 10.1.